The quantitative estimate of drug-likeness (QED) is 0.111. The highest BCUT2D eigenvalue weighted by atomic mass is 28.4. The Morgan fingerprint density at radius 3 is 0.806 bits per heavy atom. The number of hydrogen-bond donors (Lipinski definition) is 0. The van der Waals surface area contributed by atoms with E-state index in [2.05, 4.69) is 0 Å². The molecule has 0 aliphatic heterocycles. The van der Waals surface area contributed by atoms with Crippen LogP contribution in [0.1, 0.15) is 12.8 Å². The molecule has 0 atom stereocenters. The minimum atomic E-state index is -6.12. The lowest BCUT2D eigenvalue weighted by Gasteiger charge is -2.40. The molecular weight excluding hydrogens is 585 g/mol. The Balaban J connectivity index is 5.84. The van der Waals surface area contributed by atoms with E-state index < -0.39 is 87.9 Å². The zero-order valence-electron chi connectivity index (χ0n) is 23.7. The molecule has 0 N–H and O–H groups in total. The molecule has 36 heavy (non-hydrogen) atoms. The first-order chi connectivity index (χ1) is 15.8. The molecule has 0 aromatic heterocycles. The Hall–Kier alpha value is 0.741. The normalized spacial score (nSPS) is 15.2. The molecule has 0 aliphatic carbocycles. The van der Waals surface area contributed by atoms with Gasteiger partial charge in [0.05, 0.1) is 0 Å². The maximum absolute atomic E-state index is 14.7. The van der Waals surface area contributed by atoms with Gasteiger partial charge in [-0.05, 0) is 0 Å². The van der Waals surface area contributed by atoms with Crippen LogP contribution >= 0.6 is 0 Å². The SMILES string of the molecule is C[Si](C)C[Si](C)(CCC(F)(F)C(F)(F)C(F)(F)C(F)(F)CC[Si](C)(C[Si](C)C)C[Si](C)C)C[Si](C)C. The second kappa shape index (κ2) is 13.4. The molecule has 0 aliphatic rings. The first kappa shape index (κ1) is 36.7. The van der Waals surface area contributed by atoms with Gasteiger partial charge in [0.1, 0.15) is 0 Å². The van der Waals surface area contributed by atoms with Crippen molar-refractivity contribution in [2.75, 3.05) is 0 Å². The van der Waals surface area contributed by atoms with Gasteiger partial charge in [0.25, 0.3) is 0 Å². The van der Waals surface area contributed by atoms with Gasteiger partial charge in [-0.1, -0.05) is 100 Å². The largest absolute Gasteiger partial charge is 0.378 e. The molecule has 214 valence electrons. The third-order valence-electron chi connectivity index (χ3n) is 6.52. The van der Waals surface area contributed by atoms with Crippen LogP contribution < -0.4 is 0 Å². The number of rotatable bonds is 17. The second-order valence-electron chi connectivity index (χ2n) is 12.7. The molecule has 0 saturated carbocycles. The van der Waals surface area contributed by atoms with Crippen molar-refractivity contribution in [3.63, 3.8) is 0 Å². The van der Waals surface area contributed by atoms with Crippen molar-refractivity contribution in [2.24, 2.45) is 0 Å². The fourth-order valence-electron chi connectivity index (χ4n) is 5.58. The molecule has 0 nitrogen and oxygen atoms in total. The Morgan fingerprint density at radius 2 is 0.639 bits per heavy atom. The fraction of sp³-hybridized carbons (Fsp3) is 1.00. The van der Waals surface area contributed by atoms with E-state index in [4.69, 9.17) is 0 Å². The number of halogens is 8. The van der Waals surface area contributed by atoms with Crippen LogP contribution in [-0.2, 0) is 0 Å². The van der Waals surface area contributed by atoms with Gasteiger partial charge in [-0.3, -0.25) is 0 Å². The predicted molar refractivity (Wildman–Crippen MR) is 151 cm³/mol. The number of alkyl halides is 8. The van der Waals surface area contributed by atoms with Gasteiger partial charge in [0, 0.05) is 64.2 Å². The molecule has 0 bridgehead atoms. The summed E-state index contributed by atoms with van der Waals surface area (Å²) in [4.78, 5) is 0. The third kappa shape index (κ3) is 10.4. The van der Waals surface area contributed by atoms with E-state index >= 15 is 0 Å². The van der Waals surface area contributed by atoms with Crippen molar-refractivity contribution in [3.8, 4) is 0 Å². The van der Waals surface area contributed by atoms with Crippen molar-refractivity contribution in [3.05, 3.63) is 0 Å². The van der Waals surface area contributed by atoms with Gasteiger partial charge in [0.2, 0.25) is 0 Å². The van der Waals surface area contributed by atoms with E-state index in [1.165, 1.54) is 0 Å². The molecule has 0 fully saturated rings. The minimum absolute atomic E-state index is 0.260. The third-order valence-corrected chi connectivity index (χ3v) is 34.4. The van der Waals surface area contributed by atoms with Crippen molar-refractivity contribution in [2.45, 2.75) is 137 Å². The van der Waals surface area contributed by atoms with Crippen molar-refractivity contribution in [1.29, 1.82) is 0 Å². The summed E-state index contributed by atoms with van der Waals surface area (Å²) in [6.07, 6.45) is -2.94. The average Bonchev–Trinajstić information content (AvgIpc) is 2.62. The van der Waals surface area contributed by atoms with Crippen LogP contribution in [0.25, 0.3) is 0 Å². The van der Waals surface area contributed by atoms with Crippen LogP contribution in [0, 0.1) is 0 Å². The maximum atomic E-state index is 14.7. The van der Waals surface area contributed by atoms with E-state index in [9.17, 15) is 35.1 Å². The molecule has 0 aromatic carbocycles. The molecule has 0 rings (SSSR count). The summed E-state index contributed by atoms with van der Waals surface area (Å²) < 4.78 is 118. The van der Waals surface area contributed by atoms with Crippen molar-refractivity contribution in [1.82, 2.24) is 0 Å². The van der Waals surface area contributed by atoms with Gasteiger partial charge in [0.15, 0.2) is 0 Å². The highest BCUT2D eigenvalue weighted by molar-refractivity contribution is 6.95. The van der Waals surface area contributed by atoms with E-state index in [-0.39, 0.29) is 12.1 Å². The van der Waals surface area contributed by atoms with Gasteiger partial charge in [-0.25, -0.2) is 0 Å². The lowest BCUT2D eigenvalue weighted by Crippen LogP contribution is -2.62. The van der Waals surface area contributed by atoms with Crippen LogP contribution in [0.4, 0.5) is 35.1 Å². The van der Waals surface area contributed by atoms with Crippen LogP contribution in [-0.4, -0.2) is 75.0 Å². The van der Waals surface area contributed by atoms with Gasteiger partial charge in [-0.2, -0.15) is 35.1 Å². The standard InChI is InChI=1S/C22H46F8Si6/c1-31(2)15-35(9,16-32(3)4)13-11-19(23,24)21(27,28)22(29,30)20(25,26)12-14-36(10,17-33(5)6)18-34(7)8/h11-18H2,1-10H3. The van der Waals surface area contributed by atoms with E-state index in [0.29, 0.717) is 22.7 Å². The Morgan fingerprint density at radius 1 is 0.444 bits per heavy atom. The molecule has 0 amide bonds. The lowest BCUT2D eigenvalue weighted by molar-refractivity contribution is -0.366. The predicted octanol–water partition coefficient (Wildman–Crippen LogP) is 9.64. The van der Waals surface area contributed by atoms with Crippen LogP contribution in [0.2, 0.25) is 100 Å². The monoisotopic (exact) mass is 630 g/mol. The van der Waals surface area contributed by atoms with Crippen molar-refractivity contribution < 1.29 is 35.1 Å². The highest BCUT2D eigenvalue weighted by Crippen LogP contribution is 2.56. The summed E-state index contributed by atoms with van der Waals surface area (Å²) in [6.45, 7) is 19.8. The maximum Gasteiger partial charge on any atom is 0.378 e. The summed E-state index contributed by atoms with van der Waals surface area (Å²) in [5, 5.41) is 0. The van der Waals surface area contributed by atoms with E-state index in [1.807, 2.05) is 65.5 Å². The molecule has 0 spiro atoms. The van der Waals surface area contributed by atoms with Gasteiger partial charge < -0.3 is 0 Å². The second-order valence-corrected chi connectivity index (χ2v) is 36.3. The summed E-state index contributed by atoms with van der Waals surface area (Å²) in [5.74, 6) is -22.7. The molecule has 14 heteroatoms. The van der Waals surface area contributed by atoms with Crippen LogP contribution in [0.3, 0.4) is 0 Å². The first-order valence-electron chi connectivity index (χ1n) is 12.5. The Kier molecular flexibility index (Phi) is 13.7. The molecule has 4 radical (unpaired) electrons. The topological polar surface area (TPSA) is 0 Å². The zero-order chi connectivity index (χ0) is 29.0. The summed E-state index contributed by atoms with van der Waals surface area (Å²) in [7, 11) is -8.14. The summed E-state index contributed by atoms with van der Waals surface area (Å²) >= 11 is 0. The Bertz CT molecular complexity index is 595. The number of hydrogen-bond acceptors (Lipinski definition) is 0. The molecular formula is C22H46F8Si6. The molecule has 0 heterocycles. The van der Waals surface area contributed by atoms with Gasteiger partial charge >= 0.3 is 23.7 Å². The highest BCUT2D eigenvalue weighted by Gasteiger charge is 2.79. The minimum Gasteiger partial charge on any atom is -0.200 e. The molecule has 0 unspecified atom stereocenters. The molecule has 0 aromatic rings. The van der Waals surface area contributed by atoms with E-state index in [0.717, 1.165) is 0 Å². The smallest absolute Gasteiger partial charge is 0.200 e. The molecule has 0 saturated heterocycles. The lowest BCUT2D eigenvalue weighted by atomic mass is 9.95. The van der Waals surface area contributed by atoms with Gasteiger partial charge in [-0.15, -0.1) is 0 Å². The van der Waals surface area contributed by atoms with Crippen LogP contribution in [0.15, 0.2) is 0 Å². The van der Waals surface area contributed by atoms with E-state index in [1.54, 1.807) is 0 Å². The average molecular weight is 631 g/mol. The van der Waals surface area contributed by atoms with Crippen LogP contribution in [0.5, 0.6) is 0 Å². The summed E-state index contributed by atoms with van der Waals surface area (Å²) in [6, 6.07) is -0.521. The fourth-order valence-corrected chi connectivity index (χ4v) is 40.8. The summed E-state index contributed by atoms with van der Waals surface area (Å²) in [5.41, 5.74) is 2.84. The first-order valence-corrected chi connectivity index (χ1v) is 29.6. The Labute approximate surface area is 222 Å². The van der Waals surface area contributed by atoms with Crippen molar-refractivity contribution >= 4 is 51.3 Å². The zero-order valence-corrected chi connectivity index (χ0v) is 29.7.